The van der Waals surface area contributed by atoms with Gasteiger partial charge in [-0.3, -0.25) is 38.4 Å². The van der Waals surface area contributed by atoms with E-state index in [1.54, 1.807) is 43.1 Å². The molecule has 0 amide bonds. The molecule has 0 saturated carbocycles. The van der Waals surface area contributed by atoms with Gasteiger partial charge in [-0.2, -0.15) is 40.5 Å². The van der Waals surface area contributed by atoms with E-state index in [9.17, 15) is 19.2 Å². The summed E-state index contributed by atoms with van der Waals surface area (Å²) in [5, 5.41) is 16.1. The van der Waals surface area contributed by atoms with Gasteiger partial charge in [-0.25, -0.2) is 14.4 Å². The summed E-state index contributed by atoms with van der Waals surface area (Å²) in [6.45, 7) is 16.4. The minimum absolute atomic E-state index is 0. The van der Waals surface area contributed by atoms with Crippen molar-refractivity contribution in [2.45, 2.75) is 79.6 Å². The summed E-state index contributed by atoms with van der Waals surface area (Å²) in [5.41, 5.74) is 18.3. The van der Waals surface area contributed by atoms with Gasteiger partial charge in [0.2, 0.25) is 0 Å². The van der Waals surface area contributed by atoms with Crippen LogP contribution in [0.2, 0.25) is 0 Å². The van der Waals surface area contributed by atoms with Gasteiger partial charge in [0, 0.05) is 64.3 Å². The summed E-state index contributed by atoms with van der Waals surface area (Å²) in [6.07, 6.45) is 6.88. The standard InChI is InChI=1S/4C19H16N4O3.Na.3H2S/c4*1-10-16(11(2)26-22-10)12-6-7-14-17-18(12)25-9-15(23(17)19(24)21-14)13-5-3-4-8-20-13;;;;/h4*3-8,15H,9H2,1-2H3,(H,21,24);;3*1H2/q;;;;+1;;;/p-1/t3*15-;;;;;/m111...../s1. The van der Waals surface area contributed by atoms with E-state index in [1.807, 2.05) is 177 Å². The van der Waals surface area contributed by atoms with Gasteiger partial charge in [-0.05, 0) is 146 Å². The van der Waals surface area contributed by atoms with Crippen molar-refractivity contribution in [3.05, 3.63) is 257 Å². The van der Waals surface area contributed by atoms with Crippen LogP contribution in [-0.4, -0.2) is 100 Å². The molecule has 0 saturated heterocycles. The number of benzene rings is 4. The fourth-order valence-corrected chi connectivity index (χ4v) is 14.8. The Labute approximate surface area is 655 Å². The zero-order valence-corrected chi connectivity index (χ0v) is 64.7. The topological polar surface area (TPSA) is 342 Å². The van der Waals surface area contributed by atoms with Crippen molar-refractivity contribution >= 4 is 84.6 Å². The van der Waals surface area contributed by atoms with Crippen LogP contribution < -0.4 is 76.2 Å². The van der Waals surface area contributed by atoms with Gasteiger partial charge in [-0.15, -0.1) is 0 Å². The van der Waals surface area contributed by atoms with Gasteiger partial charge < -0.3 is 61.5 Å². The number of aromatic amines is 3. The number of imidazole rings is 4. The Balaban J connectivity index is 0.000000125. The molecule has 0 spiro atoms. The first-order chi connectivity index (χ1) is 50.6. The van der Waals surface area contributed by atoms with Crippen molar-refractivity contribution in [1.82, 2.24) is 78.8 Å². The Morgan fingerprint density at radius 2 is 0.620 bits per heavy atom. The number of pyridine rings is 4. The van der Waals surface area contributed by atoms with E-state index in [1.165, 1.54) is 0 Å². The van der Waals surface area contributed by atoms with Crippen LogP contribution in [0.1, 0.15) is 92.8 Å². The number of hydrogen-bond acceptors (Lipinski definition) is 20. The van der Waals surface area contributed by atoms with Crippen LogP contribution in [0, 0.1) is 55.4 Å². The van der Waals surface area contributed by atoms with Crippen LogP contribution in [0.5, 0.6) is 23.0 Å². The number of aryl methyl sites for hydroxylation is 8. The molecule has 16 aromatic rings. The molecule has 4 aromatic carbocycles. The number of ether oxygens (including phenoxy) is 4. The van der Waals surface area contributed by atoms with Crippen LogP contribution in [0.3, 0.4) is 0 Å². The molecule has 16 heterocycles. The predicted molar refractivity (Wildman–Crippen MR) is 412 cm³/mol. The third-order valence-corrected chi connectivity index (χ3v) is 19.4. The minimum Gasteiger partial charge on any atom is -0.492 e. The summed E-state index contributed by atoms with van der Waals surface area (Å²) >= 11 is 0. The zero-order chi connectivity index (χ0) is 71.3. The third-order valence-electron chi connectivity index (χ3n) is 19.4. The molecule has 0 bridgehead atoms. The molecule has 3 N–H and O–H groups in total. The van der Waals surface area contributed by atoms with Crippen molar-refractivity contribution < 1.29 is 66.6 Å². The van der Waals surface area contributed by atoms with E-state index in [2.05, 4.69) is 60.5 Å². The molecule has 4 atom stereocenters. The number of aromatic nitrogens is 16. The first-order valence-corrected chi connectivity index (χ1v) is 33.5. The smallest absolute Gasteiger partial charge is 0.492 e. The first kappa shape index (κ1) is 74.9. The summed E-state index contributed by atoms with van der Waals surface area (Å²) in [4.78, 5) is 81.2. The van der Waals surface area contributed by atoms with E-state index in [0.29, 0.717) is 66.2 Å². The maximum Gasteiger partial charge on any atom is 1.00 e. The number of hydrogen-bond donors (Lipinski definition) is 3. The maximum absolute atomic E-state index is 12.7. The molecule has 20 rings (SSSR count). The number of nitrogens with one attached hydrogen (secondary N) is 3. The number of H-pyrrole nitrogens is 3. The Hall–Kier alpha value is -11.4. The Morgan fingerprint density at radius 3 is 0.880 bits per heavy atom. The zero-order valence-electron chi connectivity index (χ0n) is 59.7. The Kier molecular flexibility index (Phi) is 20.9. The van der Waals surface area contributed by atoms with E-state index in [4.69, 9.17) is 37.0 Å². The maximum atomic E-state index is 12.7. The molecule has 4 aliphatic rings. The summed E-state index contributed by atoms with van der Waals surface area (Å²) in [5.74, 6) is 5.52. The minimum atomic E-state index is -0.305. The molecule has 544 valence electrons. The molecule has 4 aliphatic heterocycles. The Bertz CT molecular complexity index is 5460. The summed E-state index contributed by atoms with van der Waals surface area (Å²) in [7, 11) is 0. The van der Waals surface area contributed by atoms with E-state index < -0.39 is 0 Å². The normalized spacial score (nSPS) is 15.4. The molecule has 12 aromatic heterocycles. The van der Waals surface area contributed by atoms with Crippen LogP contribution in [-0.2, 0) is 0 Å². The fourth-order valence-electron chi connectivity index (χ4n) is 14.8. The second kappa shape index (κ2) is 30.1. The number of rotatable bonds is 8. The van der Waals surface area contributed by atoms with Gasteiger partial charge in [0.15, 0.2) is 22.9 Å². The van der Waals surface area contributed by atoms with Crippen molar-refractivity contribution in [1.29, 1.82) is 0 Å². The van der Waals surface area contributed by atoms with Crippen LogP contribution in [0.4, 0.5) is 0 Å². The molecular weight excluding hydrogens is 1450 g/mol. The van der Waals surface area contributed by atoms with Crippen LogP contribution >= 0.6 is 40.5 Å². The van der Waals surface area contributed by atoms with Crippen LogP contribution in [0.25, 0.3) is 88.6 Å². The molecule has 0 fully saturated rings. The van der Waals surface area contributed by atoms with Gasteiger partial charge in [-0.1, -0.05) is 57.0 Å². The third kappa shape index (κ3) is 12.6. The largest absolute Gasteiger partial charge is 1.00 e. The van der Waals surface area contributed by atoms with Gasteiger partial charge in [0.25, 0.3) is 0 Å². The monoisotopic (exact) mass is 1520 g/mol. The fraction of sp³-hybridized carbons (Fsp3) is 0.211. The average molecular weight is 1520 g/mol. The van der Waals surface area contributed by atoms with Crippen molar-refractivity contribution in [3.63, 3.8) is 0 Å². The predicted octanol–water partition coefficient (Wildman–Crippen LogP) is 8.88. The number of nitrogens with zero attached hydrogens (tertiary/aromatic N) is 13. The second-order valence-electron chi connectivity index (χ2n) is 25.6. The molecule has 108 heavy (non-hydrogen) atoms. The van der Waals surface area contributed by atoms with Crippen LogP contribution in [0.15, 0.2) is 183 Å². The quantitative estimate of drug-likeness (QED) is 0.119. The van der Waals surface area contributed by atoms with Crippen molar-refractivity contribution in [2.75, 3.05) is 26.4 Å². The SMILES string of the molecule is Cc1noc(C)c1-c1ccc2[n-]c(=O)n3c2c1OC[C@@H]3c1ccccn1.Cc1noc(C)c1-c1ccc2[nH]c(=O)n3c2c1OCC3c1ccccn1.Cc1noc(C)c1-c1ccc2[nH]c(=O)n3c2c1OC[C@@H]3c1ccccn1.Cc1noc(C)c1-c1ccc2[nH]c(=O)n3c2c1OC[C@@H]3c1ccccn1.S.S.S.[Na+]. The van der Waals surface area contributed by atoms with Gasteiger partial charge in [0.05, 0.1) is 85.3 Å². The van der Waals surface area contributed by atoms with Gasteiger partial charge in [0.1, 0.15) is 83.3 Å². The molecular formula is C76H69N16NaO12S3. The molecule has 1 unspecified atom stereocenters. The summed E-state index contributed by atoms with van der Waals surface area (Å²) in [6, 6.07) is 36.7. The molecule has 28 nitrogen and oxygen atoms in total. The Morgan fingerprint density at radius 1 is 0.352 bits per heavy atom. The molecule has 0 aliphatic carbocycles. The van der Waals surface area contributed by atoms with Crippen molar-refractivity contribution in [3.8, 4) is 67.5 Å². The van der Waals surface area contributed by atoms with Gasteiger partial charge >= 0.3 is 46.6 Å². The molecule has 0 radical (unpaired) electrons. The van der Waals surface area contributed by atoms with E-state index >= 15 is 0 Å². The average Bonchev–Trinajstić information content (AvgIpc) is 1.57. The molecule has 32 heteroatoms. The van der Waals surface area contributed by atoms with E-state index in [-0.39, 0.29) is 117 Å². The van der Waals surface area contributed by atoms with E-state index in [0.717, 1.165) is 140 Å². The first-order valence-electron chi connectivity index (χ1n) is 33.5. The second-order valence-corrected chi connectivity index (χ2v) is 25.6. The summed E-state index contributed by atoms with van der Waals surface area (Å²) < 4.78 is 52.7. The van der Waals surface area contributed by atoms with Crippen molar-refractivity contribution in [2.24, 2.45) is 0 Å².